The second-order valence-electron chi connectivity index (χ2n) is 16.4. The molecule has 0 aliphatic heterocycles. The van der Waals surface area contributed by atoms with Crippen LogP contribution in [-0.4, -0.2) is 22.4 Å². The van der Waals surface area contributed by atoms with Crippen LogP contribution in [-0.2, 0) is 9.59 Å². The van der Waals surface area contributed by atoms with E-state index >= 15 is 0 Å². The number of hydrogen-bond donors (Lipinski definition) is 2. The number of hydrogen-bond acceptors (Lipinski definition) is 3. The Morgan fingerprint density at radius 2 is 1.68 bits per heavy atom. The van der Waals surface area contributed by atoms with E-state index in [2.05, 4.69) is 60.6 Å². The van der Waals surface area contributed by atoms with Gasteiger partial charge in [-0.25, -0.2) is 0 Å². The Kier molecular flexibility index (Phi) is 6.34. The third-order valence-electron chi connectivity index (χ3n) is 14.2. The molecule has 0 aromatic rings. The van der Waals surface area contributed by atoms with Crippen molar-refractivity contribution in [3.8, 4) is 0 Å². The normalized spacial score (nSPS) is 46.2. The van der Waals surface area contributed by atoms with Gasteiger partial charge in [-0.05, 0) is 132 Å². The van der Waals surface area contributed by atoms with Gasteiger partial charge in [0.1, 0.15) is 0 Å². The lowest BCUT2D eigenvalue weighted by atomic mass is 9.33. The van der Waals surface area contributed by atoms with Crippen LogP contribution in [0.2, 0.25) is 0 Å². The van der Waals surface area contributed by atoms with Crippen LogP contribution in [0, 0.1) is 51.2 Å². The van der Waals surface area contributed by atoms with E-state index in [0.717, 1.165) is 44.1 Å². The maximum Gasteiger partial charge on any atom is 0.306 e. The fourth-order valence-corrected chi connectivity index (χ4v) is 12.1. The van der Waals surface area contributed by atoms with Crippen molar-refractivity contribution >= 4 is 11.8 Å². The molecule has 0 spiro atoms. The highest BCUT2D eigenvalue weighted by molar-refractivity contribution is 6.01. The first kappa shape index (κ1) is 28.4. The molecule has 6 aliphatic carbocycles. The van der Waals surface area contributed by atoms with Crippen LogP contribution in [0.3, 0.4) is 0 Å². The largest absolute Gasteiger partial charge is 0.481 e. The van der Waals surface area contributed by atoms with Crippen LogP contribution in [0.1, 0.15) is 119 Å². The first-order valence-corrected chi connectivity index (χ1v) is 16.3. The Morgan fingerprint density at radius 3 is 2.30 bits per heavy atom. The van der Waals surface area contributed by atoms with E-state index < -0.39 is 11.5 Å². The predicted molar refractivity (Wildman–Crippen MR) is 160 cm³/mol. The van der Waals surface area contributed by atoms with E-state index in [4.69, 9.17) is 5.73 Å². The van der Waals surface area contributed by atoms with Crippen molar-refractivity contribution in [3.63, 3.8) is 0 Å². The molecular weight excluding hydrogens is 494 g/mol. The lowest BCUT2D eigenvalue weighted by Gasteiger charge is -2.71. The minimum Gasteiger partial charge on any atom is -0.481 e. The minimum atomic E-state index is -0.650. The van der Waals surface area contributed by atoms with Crippen LogP contribution >= 0.6 is 0 Å². The van der Waals surface area contributed by atoms with Gasteiger partial charge in [-0.1, -0.05) is 60.6 Å². The lowest BCUT2D eigenvalue weighted by molar-refractivity contribution is -0.195. The first-order chi connectivity index (χ1) is 18.6. The summed E-state index contributed by atoms with van der Waals surface area (Å²) in [7, 11) is 0. The average Bonchev–Trinajstić information content (AvgIpc) is 3.14. The summed E-state index contributed by atoms with van der Waals surface area (Å²) in [5, 5.41) is 9.51. The fourth-order valence-electron chi connectivity index (χ4n) is 12.1. The van der Waals surface area contributed by atoms with Gasteiger partial charge in [0.25, 0.3) is 0 Å². The summed E-state index contributed by atoms with van der Waals surface area (Å²) >= 11 is 0. The Labute approximate surface area is 242 Å². The molecule has 220 valence electrons. The van der Waals surface area contributed by atoms with Crippen molar-refractivity contribution in [2.24, 2.45) is 57.0 Å². The van der Waals surface area contributed by atoms with E-state index in [1.807, 2.05) is 0 Å². The molecule has 0 bridgehead atoms. The van der Waals surface area contributed by atoms with Crippen molar-refractivity contribution < 1.29 is 14.7 Å². The van der Waals surface area contributed by atoms with Crippen molar-refractivity contribution in [3.05, 3.63) is 34.4 Å². The lowest BCUT2D eigenvalue weighted by Crippen LogP contribution is -2.65. The van der Waals surface area contributed by atoms with E-state index in [1.54, 1.807) is 0 Å². The summed E-state index contributed by atoms with van der Waals surface area (Å²) in [6, 6.07) is 0. The zero-order chi connectivity index (χ0) is 29.0. The third-order valence-corrected chi connectivity index (χ3v) is 14.2. The SMILES string of the molecule is CC(C)C1=C2[C@H]3CC[C@@H]4[C@@]5(C)CC=C(C6=CCC(C(=O)O)CC6)C(C)(C)[C@@H]5CC[C@@]4(C)[C@]3(C)CC[C@@]2(N)CC1=O. The number of rotatable bonds is 3. The van der Waals surface area contributed by atoms with Crippen LogP contribution in [0.4, 0.5) is 0 Å². The Balaban J connectivity index is 1.36. The molecule has 4 nitrogen and oxygen atoms in total. The van der Waals surface area contributed by atoms with Gasteiger partial charge in [0.05, 0.1) is 5.92 Å². The molecule has 3 saturated carbocycles. The van der Waals surface area contributed by atoms with Gasteiger partial charge in [-0.15, -0.1) is 0 Å². The molecule has 4 heteroatoms. The zero-order valence-electron chi connectivity index (χ0n) is 26.2. The zero-order valence-corrected chi connectivity index (χ0v) is 26.2. The maximum atomic E-state index is 13.3. The second-order valence-corrected chi connectivity index (χ2v) is 16.4. The van der Waals surface area contributed by atoms with Gasteiger partial charge in [0.2, 0.25) is 0 Å². The van der Waals surface area contributed by atoms with Crippen molar-refractivity contribution in [1.29, 1.82) is 0 Å². The van der Waals surface area contributed by atoms with Gasteiger partial charge in [0, 0.05) is 12.0 Å². The van der Waals surface area contributed by atoms with E-state index in [-0.39, 0.29) is 33.5 Å². The van der Waals surface area contributed by atoms with Crippen LogP contribution in [0.25, 0.3) is 0 Å². The van der Waals surface area contributed by atoms with Crippen molar-refractivity contribution in [1.82, 2.24) is 0 Å². The number of carboxylic acid groups (broad SMARTS) is 1. The fraction of sp³-hybridized carbons (Fsp3) is 0.778. The number of aliphatic carboxylic acids is 1. The molecule has 0 aromatic heterocycles. The Hall–Kier alpha value is -1.68. The smallest absolute Gasteiger partial charge is 0.306 e. The summed E-state index contributed by atoms with van der Waals surface area (Å²) in [6.45, 7) is 17.2. The molecule has 3 fully saturated rings. The number of carbonyl (C=O) groups excluding carboxylic acids is 1. The van der Waals surface area contributed by atoms with E-state index in [1.165, 1.54) is 36.0 Å². The molecule has 0 heterocycles. The van der Waals surface area contributed by atoms with Gasteiger partial charge in [-0.3, -0.25) is 9.59 Å². The average molecular weight is 548 g/mol. The van der Waals surface area contributed by atoms with Crippen LogP contribution in [0.15, 0.2) is 34.4 Å². The quantitative estimate of drug-likeness (QED) is 0.375. The van der Waals surface area contributed by atoms with Gasteiger partial charge in [-0.2, -0.15) is 0 Å². The molecular formula is C36H53NO3. The molecule has 6 aliphatic rings. The summed E-state index contributed by atoms with van der Waals surface area (Å²) in [5.41, 5.74) is 12.8. The summed E-state index contributed by atoms with van der Waals surface area (Å²) in [5.74, 6) is 1.38. The van der Waals surface area contributed by atoms with Crippen molar-refractivity contribution in [2.45, 2.75) is 125 Å². The highest BCUT2D eigenvalue weighted by Gasteiger charge is 2.69. The molecule has 0 amide bonds. The molecule has 0 saturated heterocycles. The molecule has 8 atom stereocenters. The number of fused-ring (bicyclic) bond motifs is 7. The van der Waals surface area contributed by atoms with Crippen LogP contribution in [0.5, 0.6) is 0 Å². The van der Waals surface area contributed by atoms with Gasteiger partial charge < -0.3 is 10.8 Å². The molecule has 1 unspecified atom stereocenters. The van der Waals surface area contributed by atoms with Crippen LogP contribution < -0.4 is 5.73 Å². The second kappa shape index (κ2) is 8.91. The van der Waals surface area contributed by atoms with Gasteiger partial charge in [0.15, 0.2) is 5.78 Å². The number of Topliss-reactive ketones (excluding diaryl/α,β-unsaturated/α-hetero) is 1. The van der Waals surface area contributed by atoms with Crippen molar-refractivity contribution in [2.75, 3.05) is 0 Å². The van der Waals surface area contributed by atoms with E-state index in [9.17, 15) is 14.7 Å². The molecule has 3 N–H and O–H groups in total. The Morgan fingerprint density at radius 1 is 0.950 bits per heavy atom. The number of carboxylic acids is 1. The van der Waals surface area contributed by atoms with Gasteiger partial charge >= 0.3 is 5.97 Å². The van der Waals surface area contributed by atoms with E-state index in [0.29, 0.717) is 36.4 Å². The third kappa shape index (κ3) is 3.59. The summed E-state index contributed by atoms with van der Waals surface area (Å²) < 4.78 is 0. The number of ketones is 1. The molecule has 6 rings (SSSR count). The summed E-state index contributed by atoms with van der Waals surface area (Å²) in [6.07, 6.45) is 15.7. The highest BCUT2D eigenvalue weighted by Crippen LogP contribution is 2.75. The standard InChI is InChI=1S/C36H53NO3/c1-21(2)29-26(38)20-36(37)19-18-34(6)25(30(29)36)12-13-28-33(5)16-14-24(22-8-10-23(11-9-22)31(39)40)32(3,4)27(33)15-17-35(28,34)7/h8,14,21,23,25,27-28H,9-13,15-20,37H2,1-7H3,(H,39,40)/t23?,25-,27+,28-,33+,34-,35-,36-/m1/s1. The maximum absolute atomic E-state index is 13.3. The number of nitrogens with two attached hydrogens (primary N) is 1. The summed E-state index contributed by atoms with van der Waals surface area (Å²) in [4.78, 5) is 24.8. The topological polar surface area (TPSA) is 80.4 Å². The minimum absolute atomic E-state index is 0.0815. The predicted octanol–water partition coefficient (Wildman–Crippen LogP) is 8.03. The Bertz CT molecular complexity index is 1240. The number of carbonyl (C=O) groups is 2. The first-order valence-electron chi connectivity index (χ1n) is 16.3. The highest BCUT2D eigenvalue weighted by atomic mass is 16.4. The number of allylic oxidation sites excluding steroid dienone is 5. The molecule has 0 radical (unpaired) electrons. The molecule has 0 aromatic carbocycles. The monoisotopic (exact) mass is 547 g/mol. The molecule has 40 heavy (non-hydrogen) atoms.